The van der Waals surface area contributed by atoms with E-state index in [2.05, 4.69) is 10.1 Å². The Hall–Kier alpha value is -2.12. The Morgan fingerprint density at radius 3 is 3.05 bits per heavy atom. The lowest BCUT2D eigenvalue weighted by Gasteiger charge is -2.22. The maximum atomic E-state index is 5.68. The van der Waals surface area contributed by atoms with E-state index in [-0.39, 0.29) is 12.9 Å². The van der Waals surface area contributed by atoms with Gasteiger partial charge in [0.25, 0.3) is 0 Å². The highest BCUT2D eigenvalue weighted by Crippen LogP contribution is 2.32. The Kier molecular flexibility index (Phi) is 3.21. The normalized spacial score (nSPS) is 20.7. The zero-order valence-corrected chi connectivity index (χ0v) is 11.4. The molecule has 1 atom stereocenters. The van der Waals surface area contributed by atoms with Gasteiger partial charge in [-0.25, -0.2) is 9.67 Å². The van der Waals surface area contributed by atoms with Gasteiger partial charge in [-0.15, -0.1) is 0 Å². The van der Waals surface area contributed by atoms with Gasteiger partial charge in [0.2, 0.25) is 6.79 Å². The number of benzene rings is 1. The van der Waals surface area contributed by atoms with Crippen molar-refractivity contribution in [3.63, 3.8) is 0 Å². The highest BCUT2D eigenvalue weighted by molar-refractivity contribution is 5.44. The molecule has 3 heterocycles. The van der Waals surface area contributed by atoms with Crippen molar-refractivity contribution in [3.8, 4) is 11.5 Å². The van der Waals surface area contributed by atoms with Crippen LogP contribution in [0.2, 0.25) is 0 Å². The fourth-order valence-electron chi connectivity index (χ4n) is 2.49. The maximum absolute atomic E-state index is 5.68. The topological polar surface area (TPSA) is 67.6 Å². The Bertz CT molecular complexity index is 637. The molecule has 1 unspecified atom stereocenters. The van der Waals surface area contributed by atoms with Crippen molar-refractivity contribution in [1.29, 1.82) is 0 Å². The van der Waals surface area contributed by atoms with E-state index < -0.39 is 0 Å². The standard InChI is InChI=1S/C14H15N3O4/c1-2-11-12(21-9-20-11)5-10(1)6-17-14(15-8-16-17)13-7-18-3-4-19-13/h1-2,5,8,13H,3-4,6-7,9H2. The summed E-state index contributed by atoms with van der Waals surface area (Å²) in [6.07, 6.45) is 1.38. The van der Waals surface area contributed by atoms with Crippen molar-refractivity contribution in [2.45, 2.75) is 12.6 Å². The lowest BCUT2D eigenvalue weighted by atomic mass is 10.2. The minimum absolute atomic E-state index is 0.157. The number of fused-ring (bicyclic) bond motifs is 1. The van der Waals surface area contributed by atoms with Crippen LogP contribution in [0, 0.1) is 0 Å². The van der Waals surface area contributed by atoms with Crippen LogP contribution in [-0.2, 0) is 16.0 Å². The van der Waals surface area contributed by atoms with Crippen molar-refractivity contribution in [3.05, 3.63) is 35.9 Å². The van der Waals surface area contributed by atoms with Crippen LogP contribution >= 0.6 is 0 Å². The van der Waals surface area contributed by atoms with E-state index in [1.54, 1.807) is 6.33 Å². The molecule has 2 aromatic rings. The summed E-state index contributed by atoms with van der Waals surface area (Å²) in [5.41, 5.74) is 1.07. The van der Waals surface area contributed by atoms with Gasteiger partial charge in [0, 0.05) is 0 Å². The van der Waals surface area contributed by atoms with Crippen LogP contribution < -0.4 is 9.47 Å². The van der Waals surface area contributed by atoms with Crippen LogP contribution in [0.3, 0.4) is 0 Å². The first-order valence-electron chi connectivity index (χ1n) is 6.86. The van der Waals surface area contributed by atoms with Crippen molar-refractivity contribution >= 4 is 0 Å². The minimum Gasteiger partial charge on any atom is -0.454 e. The predicted molar refractivity (Wildman–Crippen MR) is 71.2 cm³/mol. The molecule has 110 valence electrons. The highest BCUT2D eigenvalue weighted by atomic mass is 16.7. The Morgan fingerprint density at radius 2 is 2.14 bits per heavy atom. The van der Waals surface area contributed by atoms with Crippen molar-refractivity contribution < 1.29 is 18.9 Å². The Labute approximate surface area is 121 Å². The molecule has 2 aliphatic heterocycles. The first-order valence-corrected chi connectivity index (χ1v) is 6.86. The molecule has 1 aromatic heterocycles. The van der Waals surface area contributed by atoms with Crippen LogP contribution in [-0.4, -0.2) is 41.4 Å². The third-order valence-corrected chi connectivity index (χ3v) is 3.52. The van der Waals surface area contributed by atoms with E-state index in [1.165, 1.54) is 0 Å². The second-order valence-corrected chi connectivity index (χ2v) is 4.90. The van der Waals surface area contributed by atoms with Crippen molar-refractivity contribution in [2.24, 2.45) is 0 Å². The lowest BCUT2D eigenvalue weighted by Crippen LogP contribution is -2.25. The first kappa shape index (κ1) is 12.6. The smallest absolute Gasteiger partial charge is 0.231 e. The molecule has 0 N–H and O–H groups in total. The van der Waals surface area contributed by atoms with E-state index >= 15 is 0 Å². The second-order valence-electron chi connectivity index (χ2n) is 4.90. The van der Waals surface area contributed by atoms with Gasteiger partial charge in [-0.2, -0.15) is 5.10 Å². The molecule has 4 rings (SSSR count). The number of aromatic nitrogens is 3. The third-order valence-electron chi connectivity index (χ3n) is 3.52. The average molecular weight is 289 g/mol. The van der Waals surface area contributed by atoms with Crippen LogP contribution in [0.25, 0.3) is 0 Å². The van der Waals surface area contributed by atoms with E-state index in [9.17, 15) is 0 Å². The van der Waals surface area contributed by atoms with Crippen molar-refractivity contribution in [2.75, 3.05) is 26.6 Å². The molecule has 0 amide bonds. The Morgan fingerprint density at radius 1 is 1.19 bits per heavy atom. The monoisotopic (exact) mass is 289 g/mol. The molecule has 0 aliphatic carbocycles. The van der Waals surface area contributed by atoms with Gasteiger partial charge in [0.1, 0.15) is 12.4 Å². The van der Waals surface area contributed by atoms with E-state index in [0.717, 1.165) is 22.9 Å². The second kappa shape index (κ2) is 5.34. The summed E-state index contributed by atoms with van der Waals surface area (Å²) in [6, 6.07) is 5.87. The van der Waals surface area contributed by atoms with E-state index in [0.29, 0.717) is 26.4 Å². The summed E-state index contributed by atoms with van der Waals surface area (Å²) in [6.45, 7) is 2.61. The van der Waals surface area contributed by atoms with Crippen LogP contribution in [0.4, 0.5) is 0 Å². The number of ether oxygens (including phenoxy) is 4. The lowest BCUT2D eigenvalue weighted by molar-refractivity contribution is -0.0948. The van der Waals surface area contributed by atoms with E-state index in [1.807, 2.05) is 22.9 Å². The molecular weight excluding hydrogens is 274 g/mol. The zero-order valence-electron chi connectivity index (χ0n) is 11.4. The molecule has 1 aromatic carbocycles. The summed E-state index contributed by atoms with van der Waals surface area (Å²) in [5.74, 6) is 2.33. The van der Waals surface area contributed by atoms with Crippen LogP contribution in [0.1, 0.15) is 17.5 Å². The molecule has 0 bridgehead atoms. The predicted octanol–water partition coefficient (Wildman–Crippen LogP) is 1.14. The third kappa shape index (κ3) is 2.45. The molecule has 0 saturated carbocycles. The SMILES string of the molecule is c1nc(C2COCCO2)n(Cc2ccc3c(c2)OCO3)n1. The van der Waals surface area contributed by atoms with Gasteiger partial charge in [0.15, 0.2) is 17.3 Å². The van der Waals surface area contributed by atoms with E-state index in [4.69, 9.17) is 18.9 Å². The quantitative estimate of drug-likeness (QED) is 0.844. The largest absolute Gasteiger partial charge is 0.454 e. The van der Waals surface area contributed by atoms with Gasteiger partial charge in [-0.05, 0) is 17.7 Å². The summed E-state index contributed by atoms with van der Waals surface area (Å²) in [5, 5.41) is 4.28. The van der Waals surface area contributed by atoms with Crippen molar-refractivity contribution in [1.82, 2.24) is 14.8 Å². The first-order chi connectivity index (χ1) is 10.4. The summed E-state index contributed by atoms with van der Waals surface area (Å²) >= 11 is 0. The molecule has 7 nitrogen and oxygen atoms in total. The van der Waals surface area contributed by atoms with Gasteiger partial charge in [-0.3, -0.25) is 0 Å². The molecule has 1 saturated heterocycles. The maximum Gasteiger partial charge on any atom is 0.231 e. The molecule has 0 radical (unpaired) electrons. The fraction of sp³-hybridized carbons (Fsp3) is 0.429. The molecule has 0 spiro atoms. The van der Waals surface area contributed by atoms with Gasteiger partial charge in [0.05, 0.1) is 26.4 Å². The molecular formula is C14H15N3O4. The zero-order chi connectivity index (χ0) is 14.1. The van der Waals surface area contributed by atoms with Gasteiger partial charge in [-0.1, -0.05) is 6.07 Å². The number of hydrogen-bond donors (Lipinski definition) is 0. The summed E-state index contributed by atoms with van der Waals surface area (Å²) in [4.78, 5) is 4.30. The number of rotatable bonds is 3. The minimum atomic E-state index is -0.157. The summed E-state index contributed by atoms with van der Waals surface area (Å²) in [7, 11) is 0. The summed E-state index contributed by atoms with van der Waals surface area (Å²) < 4.78 is 23.6. The van der Waals surface area contributed by atoms with Gasteiger partial charge < -0.3 is 18.9 Å². The average Bonchev–Trinajstić information content (AvgIpc) is 3.16. The fourth-order valence-corrected chi connectivity index (χ4v) is 2.49. The van der Waals surface area contributed by atoms with Crippen LogP contribution in [0.15, 0.2) is 24.5 Å². The van der Waals surface area contributed by atoms with Crippen LogP contribution in [0.5, 0.6) is 11.5 Å². The number of nitrogens with zero attached hydrogens (tertiary/aromatic N) is 3. The molecule has 2 aliphatic rings. The molecule has 21 heavy (non-hydrogen) atoms. The Balaban J connectivity index is 1.56. The number of hydrogen-bond acceptors (Lipinski definition) is 6. The molecule has 7 heteroatoms. The van der Waals surface area contributed by atoms with Gasteiger partial charge >= 0.3 is 0 Å². The highest BCUT2D eigenvalue weighted by Gasteiger charge is 2.22. The molecule has 1 fully saturated rings.